The van der Waals surface area contributed by atoms with Gasteiger partial charge in [-0.25, -0.2) is 0 Å². The van der Waals surface area contributed by atoms with Crippen LogP contribution in [0.2, 0.25) is 0 Å². The molecule has 12 heavy (non-hydrogen) atoms. The van der Waals surface area contributed by atoms with Crippen LogP contribution in [0.3, 0.4) is 0 Å². The van der Waals surface area contributed by atoms with Crippen LogP contribution in [0.5, 0.6) is 0 Å². The number of hydrogen-bond acceptors (Lipinski definition) is 3. The molecular formula is C9H19NO2. The second-order valence-corrected chi connectivity index (χ2v) is 4.28. The number of aliphatic hydroxyl groups is 2. The molecule has 0 radical (unpaired) electrons. The van der Waals surface area contributed by atoms with E-state index in [0.717, 1.165) is 0 Å². The lowest BCUT2D eigenvalue weighted by Crippen LogP contribution is -2.65. The lowest BCUT2D eigenvalue weighted by atomic mass is 9.83. The van der Waals surface area contributed by atoms with Gasteiger partial charge in [0.25, 0.3) is 0 Å². The van der Waals surface area contributed by atoms with Crippen molar-refractivity contribution in [2.75, 3.05) is 19.6 Å². The van der Waals surface area contributed by atoms with Gasteiger partial charge in [0.2, 0.25) is 0 Å². The summed E-state index contributed by atoms with van der Waals surface area (Å²) >= 11 is 0. The van der Waals surface area contributed by atoms with Crippen LogP contribution in [0.15, 0.2) is 0 Å². The number of aliphatic hydroxyl groups excluding tert-OH is 1. The maximum absolute atomic E-state index is 9.85. The Labute approximate surface area is 74.0 Å². The zero-order valence-electron chi connectivity index (χ0n) is 8.12. The second-order valence-electron chi connectivity index (χ2n) is 4.28. The summed E-state index contributed by atoms with van der Waals surface area (Å²) in [5, 5.41) is 18.9. The van der Waals surface area contributed by atoms with Crippen molar-refractivity contribution in [3.63, 3.8) is 0 Å². The highest BCUT2D eigenvalue weighted by atomic mass is 16.3. The first kappa shape index (κ1) is 9.96. The third-order valence-electron chi connectivity index (χ3n) is 2.59. The molecule has 0 saturated carbocycles. The summed E-state index contributed by atoms with van der Waals surface area (Å²) in [6.45, 7) is 7.91. The van der Waals surface area contributed by atoms with E-state index in [2.05, 4.69) is 4.90 Å². The molecule has 0 aromatic heterocycles. The van der Waals surface area contributed by atoms with Gasteiger partial charge in [0.1, 0.15) is 0 Å². The predicted octanol–water partition coefficient (Wildman–Crippen LogP) is 0.0699. The highest BCUT2D eigenvalue weighted by Gasteiger charge is 2.43. The Balaban J connectivity index is 2.27. The van der Waals surface area contributed by atoms with Crippen molar-refractivity contribution >= 4 is 0 Å². The van der Waals surface area contributed by atoms with E-state index in [9.17, 15) is 5.11 Å². The molecule has 1 aliphatic rings. The van der Waals surface area contributed by atoms with Crippen LogP contribution in [-0.2, 0) is 0 Å². The van der Waals surface area contributed by atoms with E-state index in [1.54, 1.807) is 6.92 Å². The summed E-state index contributed by atoms with van der Waals surface area (Å²) in [5.74, 6) is 0.308. The van der Waals surface area contributed by atoms with Crippen molar-refractivity contribution in [2.45, 2.75) is 32.5 Å². The average molecular weight is 173 g/mol. The SMILES string of the molecule is CC(C)C1(O)CN(C[C@@H](C)O)C1. The minimum absolute atomic E-state index is 0.290. The molecule has 3 nitrogen and oxygen atoms in total. The zero-order valence-corrected chi connectivity index (χ0v) is 8.12. The van der Waals surface area contributed by atoms with Crippen LogP contribution < -0.4 is 0 Å². The Morgan fingerprint density at radius 2 is 1.83 bits per heavy atom. The molecule has 2 N–H and O–H groups in total. The number of hydrogen-bond donors (Lipinski definition) is 2. The lowest BCUT2D eigenvalue weighted by Gasteiger charge is -2.49. The van der Waals surface area contributed by atoms with Crippen molar-refractivity contribution < 1.29 is 10.2 Å². The first-order valence-electron chi connectivity index (χ1n) is 4.57. The number of likely N-dealkylation sites (tertiary alicyclic amines) is 1. The van der Waals surface area contributed by atoms with E-state index in [4.69, 9.17) is 5.11 Å². The van der Waals surface area contributed by atoms with Gasteiger partial charge in [-0.15, -0.1) is 0 Å². The standard InChI is InChI=1S/C9H19NO2/c1-7(2)9(12)5-10(6-9)4-8(3)11/h7-8,11-12H,4-6H2,1-3H3/t8-/m1/s1. The number of rotatable bonds is 3. The molecule has 1 aliphatic heterocycles. The molecule has 0 aromatic rings. The van der Waals surface area contributed by atoms with E-state index in [1.807, 2.05) is 13.8 Å². The molecule has 72 valence electrons. The normalized spacial score (nSPS) is 25.5. The number of nitrogens with zero attached hydrogens (tertiary/aromatic N) is 1. The Bertz CT molecular complexity index is 151. The Morgan fingerprint density at radius 3 is 2.17 bits per heavy atom. The first-order valence-corrected chi connectivity index (χ1v) is 4.57. The summed E-state index contributed by atoms with van der Waals surface area (Å²) in [6.07, 6.45) is -0.290. The second kappa shape index (κ2) is 3.32. The van der Waals surface area contributed by atoms with Gasteiger partial charge in [0.15, 0.2) is 0 Å². The van der Waals surface area contributed by atoms with Gasteiger partial charge >= 0.3 is 0 Å². The lowest BCUT2D eigenvalue weighted by molar-refractivity contribution is -0.134. The van der Waals surface area contributed by atoms with Gasteiger partial charge in [-0.3, -0.25) is 4.90 Å². The Kier molecular flexibility index (Phi) is 2.76. The molecular weight excluding hydrogens is 154 g/mol. The molecule has 0 spiro atoms. The predicted molar refractivity (Wildman–Crippen MR) is 47.9 cm³/mol. The fourth-order valence-corrected chi connectivity index (χ4v) is 1.60. The van der Waals surface area contributed by atoms with Crippen molar-refractivity contribution in [3.05, 3.63) is 0 Å². The van der Waals surface area contributed by atoms with Crippen molar-refractivity contribution in [2.24, 2.45) is 5.92 Å². The zero-order chi connectivity index (χ0) is 9.35. The van der Waals surface area contributed by atoms with Gasteiger partial charge in [-0.05, 0) is 12.8 Å². The van der Waals surface area contributed by atoms with Crippen LogP contribution >= 0.6 is 0 Å². The van der Waals surface area contributed by atoms with Gasteiger partial charge in [-0.2, -0.15) is 0 Å². The quantitative estimate of drug-likeness (QED) is 0.635. The molecule has 0 bridgehead atoms. The van der Waals surface area contributed by atoms with Gasteiger partial charge in [0, 0.05) is 19.6 Å². The van der Waals surface area contributed by atoms with Crippen LogP contribution in [0.1, 0.15) is 20.8 Å². The minimum Gasteiger partial charge on any atom is -0.392 e. The van der Waals surface area contributed by atoms with Crippen LogP contribution in [-0.4, -0.2) is 46.5 Å². The molecule has 1 heterocycles. The number of β-amino-alcohol motifs (C(OH)–C–C–N with tert-alkyl or cyclic N) is 2. The smallest absolute Gasteiger partial charge is 0.0922 e. The Hall–Kier alpha value is -0.120. The third kappa shape index (κ3) is 1.97. The summed E-state index contributed by atoms with van der Waals surface area (Å²) in [5.41, 5.74) is -0.505. The van der Waals surface area contributed by atoms with Gasteiger partial charge < -0.3 is 10.2 Å². The third-order valence-corrected chi connectivity index (χ3v) is 2.59. The van der Waals surface area contributed by atoms with E-state index >= 15 is 0 Å². The maximum Gasteiger partial charge on any atom is 0.0922 e. The molecule has 1 rings (SSSR count). The fourth-order valence-electron chi connectivity index (χ4n) is 1.60. The van der Waals surface area contributed by atoms with E-state index in [1.165, 1.54) is 0 Å². The van der Waals surface area contributed by atoms with Crippen LogP contribution in [0.25, 0.3) is 0 Å². The van der Waals surface area contributed by atoms with Crippen molar-refractivity contribution in [3.8, 4) is 0 Å². The molecule has 1 fully saturated rings. The van der Waals surface area contributed by atoms with Gasteiger partial charge in [-0.1, -0.05) is 13.8 Å². The van der Waals surface area contributed by atoms with E-state index in [0.29, 0.717) is 25.6 Å². The highest BCUT2D eigenvalue weighted by molar-refractivity contribution is 4.97. The largest absolute Gasteiger partial charge is 0.392 e. The maximum atomic E-state index is 9.85. The summed E-state index contributed by atoms with van der Waals surface area (Å²) in [7, 11) is 0. The van der Waals surface area contributed by atoms with E-state index < -0.39 is 5.60 Å². The summed E-state index contributed by atoms with van der Waals surface area (Å²) in [6, 6.07) is 0. The molecule has 0 aromatic carbocycles. The highest BCUT2D eigenvalue weighted by Crippen LogP contribution is 2.28. The van der Waals surface area contributed by atoms with Gasteiger partial charge in [0.05, 0.1) is 11.7 Å². The van der Waals surface area contributed by atoms with Crippen LogP contribution in [0.4, 0.5) is 0 Å². The average Bonchev–Trinajstić information content (AvgIpc) is 1.82. The topological polar surface area (TPSA) is 43.7 Å². The molecule has 3 heteroatoms. The van der Waals surface area contributed by atoms with Crippen LogP contribution in [0, 0.1) is 5.92 Å². The fraction of sp³-hybridized carbons (Fsp3) is 1.00. The molecule has 0 amide bonds. The monoisotopic (exact) mass is 173 g/mol. The van der Waals surface area contributed by atoms with Crippen molar-refractivity contribution in [1.29, 1.82) is 0 Å². The van der Waals surface area contributed by atoms with E-state index in [-0.39, 0.29) is 6.10 Å². The molecule has 0 unspecified atom stereocenters. The minimum atomic E-state index is -0.505. The molecule has 1 saturated heterocycles. The first-order chi connectivity index (χ1) is 5.44. The molecule has 0 aliphatic carbocycles. The Morgan fingerprint density at radius 1 is 1.33 bits per heavy atom. The summed E-state index contributed by atoms with van der Waals surface area (Å²) < 4.78 is 0. The van der Waals surface area contributed by atoms with Crippen molar-refractivity contribution in [1.82, 2.24) is 4.90 Å². The molecule has 1 atom stereocenters. The summed E-state index contributed by atoms with van der Waals surface area (Å²) in [4.78, 5) is 2.07.